The van der Waals surface area contributed by atoms with Gasteiger partial charge in [0.25, 0.3) is 0 Å². The third-order valence-corrected chi connectivity index (χ3v) is 3.35. The molecule has 0 radical (unpaired) electrons. The Bertz CT molecular complexity index is 566. The van der Waals surface area contributed by atoms with E-state index in [0.29, 0.717) is 17.4 Å². The molecule has 1 aromatic carbocycles. The largest absolute Gasteiger partial charge is 0.492 e. The summed E-state index contributed by atoms with van der Waals surface area (Å²) in [6.45, 7) is 5.33. The fraction of sp³-hybridized carbons (Fsp3) is 0.357. The molecule has 0 aliphatic heterocycles. The standard InChI is InChI=1S/C14H18ClN3O/c1-4-19-14-6-5-12(7-13(14)15)16-8-11-9-17-18(3)10(11)2/h5-7,9,16H,4,8H2,1-3H3. The van der Waals surface area contributed by atoms with Gasteiger partial charge in [-0.2, -0.15) is 5.10 Å². The smallest absolute Gasteiger partial charge is 0.138 e. The second kappa shape index (κ2) is 5.97. The molecule has 2 rings (SSSR count). The number of halogens is 1. The number of aromatic nitrogens is 2. The molecule has 0 saturated heterocycles. The summed E-state index contributed by atoms with van der Waals surface area (Å²) in [7, 11) is 1.94. The minimum atomic E-state index is 0.612. The first-order valence-corrected chi connectivity index (χ1v) is 6.63. The van der Waals surface area contributed by atoms with Crippen molar-refractivity contribution in [3.05, 3.63) is 40.7 Å². The van der Waals surface area contributed by atoms with Gasteiger partial charge < -0.3 is 10.1 Å². The van der Waals surface area contributed by atoms with Gasteiger partial charge in [-0.1, -0.05) is 11.6 Å². The third-order valence-electron chi connectivity index (χ3n) is 3.05. The average Bonchev–Trinajstić information content (AvgIpc) is 2.71. The third kappa shape index (κ3) is 3.20. The lowest BCUT2D eigenvalue weighted by Crippen LogP contribution is -2.01. The van der Waals surface area contributed by atoms with Crippen LogP contribution in [0.3, 0.4) is 0 Å². The van der Waals surface area contributed by atoms with E-state index in [9.17, 15) is 0 Å². The minimum absolute atomic E-state index is 0.612. The number of rotatable bonds is 5. The predicted octanol–water partition coefficient (Wildman–Crippen LogP) is 3.39. The molecule has 0 atom stereocenters. The lowest BCUT2D eigenvalue weighted by Gasteiger charge is -2.09. The number of hydrogen-bond acceptors (Lipinski definition) is 3. The van der Waals surface area contributed by atoms with E-state index in [-0.39, 0.29) is 0 Å². The molecule has 1 aromatic heterocycles. The monoisotopic (exact) mass is 279 g/mol. The van der Waals surface area contributed by atoms with E-state index in [0.717, 1.165) is 17.9 Å². The van der Waals surface area contributed by atoms with Crippen molar-refractivity contribution in [3.8, 4) is 5.75 Å². The first kappa shape index (κ1) is 13.7. The second-order valence-electron chi connectivity index (χ2n) is 4.31. The van der Waals surface area contributed by atoms with Crippen molar-refractivity contribution in [2.24, 2.45) is 7.05 Å². The van der Waals surface area contributed by atoms with Gasteiger partial charge >= 0.3 is 0 Å². The summed E-state index contributed by atoms with van der Waals surface area (Å²) in [5.41, 5.74) is 3.30. The van der Waals surface area contributed by atoms with Gasteiger partial charge in [0.1, 0.15) is 5.75 Å². The minimum Gasteiger partial charge on any atom is -0.492 e. The van der Waals surface area contributed by atoms with Gasteiger partial charge in [-0.05, 0) is 32.0 Å². The summed E-state index contributed by atoms with van der Waals surface area (Å²) in [6, 6.07) is 5.71. The van der Waals surface area contributed by atoms with Crippen LogP contribution in [0.4, 0.5) is 5.69 Å². The molecular formula is C14H18ClN3O. The van der Waals surface area contributed by atoms with Gasteiger partial charge in [-0.25, -0.2) is 0 Å². The van der Waals surface area contributed by atoms with Gasteiger partial charge in [0.15, 0.2) is 0 Å². The Morgan fingerprint density at radius 3 is 2.79 bits per heavy atom. The van der Waals surface area contributed by atoms with E-state index in [1.54, 1.807) is 0 Å². The maximum absolute atomic E-state index is 6.14. The molecule has 1 N–H and O–H groups in total. The topological polar surface area (TPSA) is 39.1 Å². The number of nitrogens with zero attached hydrogens (tertiary/aromatic N) is 2. The number of aryl methyl sites for hydroxylation is 1. The molecule has 1 heterocycles. The summed E-state index contributed by atoms with van der Waals surface area (Å²) in [5.74, 6) is 0.715. The first-order valence-electron chi connectivity index (χ1n) is 6.25. The van der Waals surface area contributed by atoms with Crippen LogP contribution < -0.4 is 10.1 Å². The van der Waals surface area contributed by atoms with Gasteiger partial charge in [0, 0.05) is 30.5 Å². The number of nitrogens with one attached hydrogen (secondary N) is 1. The lowest BCUT2D eigenvalue weighted by molar-refractivity contribution is 0.340. The molecule has 4 nitrogen and oxygen atoms in total. The first-order chi connectivity index (χ1) is 9.11. The quantitative estimate of drug-likeness (QED) is 0.912. The normalized spacial score (nSPS) is 10.5. The van der Waals surface area contributed by atoms with Crippen molar-refractivity contribution in [3.63, 3.8) is 0 Å². The molecule has 5 heteroatoms. The van der Waals surface area contributed by atoms with E-state index in [2.05, 4.69) is 17.3 Å². The summed E-state index contributed by atoms with van der Waals surface area (Å²) >= 11 is 6.14. The second-order valence-corrected chi connectivity index (χ2v) is 4.72. The summed E-state index contributed by atoms with van der Waals surface area (Å²) in [6.07, 6.45) is 1.87. The molecule has 102 valence electrons. The fourth-order valence-corrected chi connectivity index (χ4v) is 2.03. The average molecular weight is 280 g/mol. The van der Waals surface area contributed by atoms with Crippen molar-refractivity contribution >= 4 is 17.3 Å². The van der Waals surface area contributed by atoms with Crippen LogP contribution in [0.2, 0.25) is 5.02 Å². The van der Waals surface area contributed by atoms with Crippen molar-refractivity contribution in [2.45, 2.75) is 20.4 Å². The molecule has 0 fully saturated rings. The Labute approximate surface area is 118 Å². The van der Waals surface area contributed by atoms with E-state index in [4.69, 9.17) is 16.3 Å². The fourth-order valence-electron chi connectivity index (χ4n) is 1.80. The van der Waals surface area contributed by atoms with Crippen LogP contribution in [-0.4, -0.2) is 16.4 Å². The van der Waals surface area contributed by atoms with Crippen LogP contribution in [-0.2, 0) is 13.6 Å². The Hall–Kier alpha value is -1.68. The number of anilines is 1. The van der Waals surface area contributed by atoms with E-state index in [1.807, 2.05) is 43.0 Å². The summed E-state index contributed by atoms with van der Waals surface area (Å²) < 4.78 is 7.27. The number of benzene rings is 1. The molecule has 0 spiro atoms. The van der Waals surface area contributed by atoms with Crippen LogP contribution in [0.25, 0.3) is 0 Å². The SMILES string of the molecule is CCOc1ccc(NCc2cnn(C)c2C)cc1Cl. The highest BCUT2D eigenvalue weighted by Crippen LogP contribution is 2.27. The Morgan fingerprint density at radius 1 is 1.42 bits per heavy atom. The van der Waals surface area contributed by atoms with Crippen LogP contribution >= 0.6 is 11.6 Å². The molecule has 0 aliphatic carbocycles. The molecule has 0 saturated carbocycles. The van der Waals surface area contributed by atoms with Gasteiger partial charge in [-0.3, -0.25) is 4.68 Å². The zero-order valence-corrected chi connectivity index (χ0v) is 12.2. The van der Waals surface area contributed by atoms with Crippen molar-refractivity contribution in [1.82, 2.24) is 9.78 Å². The zero-order valence-electron chi connectivity index (χ0n) is 11.4. The Morgan fingerprint density at radius 2 is 2.21 bits per heavy atom. The van der Waals surface area contributed by atoms with Crippen LogP contribution in [0.15, 0.2) is 24.4 Å². The summed E-state index contributed by atoms with van der Waals surface area (Å²) in [5, 5.41) is 8.17. The van der Waals surface area contributed by atoms with Gasteiger partial charge in [-0.15, -0.1) is 0 Å². The molecule has 19 heavy (non-hydrogen) atoms. The molecule has 0 bridgehead atoms. The van der Waals surface area contributed by atoms with Crippen molar-refractivity contribution in [1.29, 1.82) is 0 Å². The van der Waals surface area contributed by atoms with Crippen LogP contribution in [0, 0.1) is 6.92 Å². The van der Waals surface area contributed by atoms with E-state index < -0.39 is 0 Å². The lowest BCUT2D eigenvalue weighted by atomic mass is 10.2. The highest BCUT2D eigenvalue weighted by molar-refractivity contribution is 6.32. The molecule has 0 aliphatic rings. The number of ether oxygens (including phenoxy) is 1. The molecule has 2 aromatic rings. The highest BCUT2D eigenvalue weighted by atomic mass is 35.5. The Kier molecular flexibility index (Phi) is 4.32. The Balaban J connectivity index is 2.04. The molecule has 0 unspecified atom stereocenters. The highest BCUT2D eigenvalue weighted by Gasteiger charge is 2.05. The van der Waals surface area contributed by atoms with Crippen LogP contribution in [0.5, 0.6) is 5.75 Å². The van der Waals surface area contributed by atoms with Crippen molar-refractivity contribution < 1.29 is 4.74 Å². The maximum atomic E-state index is 6.14. The van der Waals surface area contributed by atoms with Crippen LogP contribution in [0.1, 0.15) is 18.2 Å². The van der Waals surface area contributed by atoms with Gasteiger partial charge in [0.05, 0.1) is 17.8 Å². The van der Waals surface area contributed by atoms with Gasteiger partial charge in [0.2, 0.25) is 0 Å². The predicted molar refractivity (Wildman–Crippen MR) is 77.9 cm³/mol. The maximum Gasteiger partial charge on any atom is 0.138 e. The van der Waals surface area contributed by atoms with E-state index in [1.165, 1.54) is 5.56 Å². The van der Waals surface area contributed by atoms with E-state index >= 15 is 0 Å². The van der Waals surface area contributed by atoms with Crippen molar-refractivity contribution in [2.75, 3.05) is 11.9 Å². The molecular weight excluding hydrogens is 262 g/mol. The zero-order chi connectivity index (χ0) is 13.8. The molecule has 0 amide bonds. The number of hydrogen-bond donors (Lipinski definition) is 1. The summed E-state index contributed by atoms with van der Waals surface area (Å²) in [4.78, 5) is 0.